The molecule has 0 atom stereocenters. The second kappa shape index (κ2) is 8.11. The van der Waals surface area contributed by atoms with Crippen LogP contribution in [0.15, 0.2) is 30.5 Å². The summed E-state index contributed by atoms with van der Waals surface area (Å²) in [5, 5.41) is 13.2. The van der Waals surface area contributed by atoms with Crippen LogP contribution < -0.4 is 5.32 Å². The monoisotopic (exact) mass is 424 g/mol. The maximum Gasteiger partial charge on any atom is 0.410 e. The Morgan fingerprint density at radius 2 is 2.00 bits per heavy atom. The largest absolute Gasteiger partial charge is 0.444 e. The van der Waals surface area contributed by atoms with Gasteiger partial charge in [0, 0.05) is 18.4 Å². The molecule has 2 heterocycles. The summed E-state index contributed by atoms with van der Waals surface area (Å²) < 4.78 is 5.49. The molecule has 0 bridgehead atoms. The molecule has 31 heavy (non-hydrogen) atoms. The average molecular weight is 425 g/mol. The first-order chi connectivity index (χ1) is 14.6. The number of aliphatic hydroxyl groups is 1. The minimum absolute atomic E-state index is 0.310. The van der Waals surface area contributed by atoms with E-state index in [4.69, 9.17) is 4.74 Å². The van der Waals surface area contributed by atoms with Crippen LogP contribution in [0.4, 0.5) is 16.4 Å². The third kappa shape index (κ3) is 5.53. The molecule has 2 N–H and O–H groups in total. The van der Waals surface area contributed by atoms with Crippen LogP contribution in [0.3, 0.4) is 0 Å². The predicted molar refractivity (Wildman–Crippen MR) is 119 cm³/mol. The van der Waals surface area contributed by atoms with Crippen molar-refractivity contribution < 1.29 is 14.6 Å². The van der Waals surface area contributed by atoms with Crippen LogP contribution in [0.1, 0.15) is 57.4 Å². The number of carbonyl (C=O) groups is 1. The lowest BCUT2D eigenvalue weighted by molar-refractivity contribution is -0.0564. The fourth-order valence-corrected chi connectivity index (χ4v) is 4.36. The van der Waals surface area contributed by atoms with Crippen LogP contribution in [0.2, 0.25) is 0 Å². The van der Waals surface area contributed by atoms with Crippen LogP contribution in [-0.2, 0) is 24.1 Å². The standard InChI is InChI=1S/C24H32N4O3/c1-23(2,3)31-22(29)28-10-9-18-14-25-21(27-20(18)15-28)26-19-7-5-16(6-8-19)11-17-12-24(4,30)13-17/h5-8,14,17,30H,9-13,15H2,1-4H3,(H,25,26,27). The summed E-state index contributed by atoms with van der Waals surface area (Å²) in [7, 11) is 0. The second-order valence-electron chi connectivity index (χ2n) is 10.1. The first-order valence-corrected chi connectivity index (χ1v) is 11.0. The summed E-state index contributed by atoms with van der Waals surface area (Å²) in [6.07, 6.45) is 4.99. The predicted octanol–water partition coefficient (Wildman–Crippen LogP) is 4.22. The van der Waals surface area contributed by atoms with Gasteiger partial charge in [0.15, 0.2) is 0 Å². The molecule has 1 aromatic heterocycles. The van der Waals surface area contributed by atoms with Crippen LogP contribution in [0, 0.1) is 5.92 Å². The van der Waals surface area contributed by atoms with Gasteiger partial charge >= 0.3 is 6.09 Å². The highest BCUT2D eigenvalue weighted by molar-refractivity contribution is 5.68. The first-order valence-electron chi connectivity index (χ1n) is 11.0. The molecule has 4 rings (SSSR count). The van der Waals surface area contributed by atoms with Gasteiger partial charge in [-0.3, -0.25) is 0 Å². The Labute approximate surface area is 183 Å². The SMILES string of the molecule is CC1(O)CC(Cc2ccc(Nc3ncc4c(n3)CN(C(=O)OC(C)(C)C)CC4)cc2)C1. The summed E-state index contributed by atoms with van der Waals surface area (Å²) >= 11 is 0. The van der Waals surface area contributed by atoms with E-state index in [-0.39, 0.29) is 6.09 Å². The van der Waals surface area contributed by atoms with Gasteiger partial charge in [-0.25, -0.2) is 14.8 Å². The van der Waals surface area contributed by atoms with E-state index in [0.29, 0.717) is 25.0 Å². The molecule has 1 aliphatic carbocycles. The molecular weight excluding hydrogens is 392 g/mol. The Bertz CT molecular complexity index is 942. The Balaban J connectivity index is 1.37. The first kappa shape index (κ1) is 21.6. The molecule has 1 aliphatic heterocycles. The minimum Gasteiger partial charge on any atom is -0.444 e. The number of amides is 1. The second-order valence-corrected chi connectivity index (χ2v) is 10.1. The number of aromatic nitrogens is 2. The van der Waals surface area contributed by atoms with Gasteiger partial charge in [0.05, 0.1) is 17.8 Å². The molecule has 1 fully saturated rings. The van der Waals surface area contributed by atoms with E-state index in [2.05, 4.69) is 27.4 Å². The third-order valence-electron chi connectivity index (χ3n) is 5.79. The van der Waals surface area contributed by atoms with Gasteiger partial charge in [-0.1, -0.05) is 12.1 Å². The third-order valence-corrected chi connectivity index (χ3v) is 5.79. The molecule has 0 radical (unpaired) electrons. The Hall–Kier alpha value is -2.67. The summed E-state index contributed by atoms with van der Waals surface area (Å²) in [6.45, 7) is 8.54. The molecule has 166 valence electrons. The van der Waals surface area contributed by atoms with E-state index < -0.39 is 11.2 Å². The topological polar surface area (TPSA) is 87.6 Å². The van der Waals surface area contributed by atoms with E-state index in [1.165, 1.54) is 5.56 Å². The molecule has 0 spiro atoms. The van der Waals surface area contributed by atoms with Crippen molar-refractivity contribution in [3.8, 4) is 0 Å². The zero-order valence-electron chi connectivity index (χ0n) is 18.8. The maximum atomic E-state index is 12.4. The molecule has 2 aromatic rings. The quantitative estimate of drug-likeness (QED) is 0.764. The number of rotatable bonds is 4. The molecule has 1 amide bonds. The number of nitrogens with one attached hydrogen (secondary N) is 1. The van der Waals surface area contributed by atoms with Gasteiger partial charge in [-0.15, -0.1) is 0 Å². The van der Waals surface area contributed by atoms with E-state index in [9.17, 15) is 9.90 Å². The lowest BCUT2D eigenvalue weighted by atomic mass is 9.70. The molecule has 7 nitrogen and oxygen atoms in total. The van der Waals surface area contributed by atoms with Crippen molar-refractivity contribution in [3.05, 3.63) is 47.3 Å². The molecule has 7 heteroatoms. The molecule has 2 aliphatic rings. The van der Waals surface area contributed by atoms with E-state index in [0.717, 1.165) is 42.6 Å². The summed E-state index contributed by atoms with van der Waals surface area (Å²) in [5.41, 5.74) is 3.11. The zero-order valence-corrected chi connectivity index (χ0v) is 18.8. The molecule has 0 saturated heterocycles. The molecule has 1 aromatic carbocycles. The fraction of sp³-hybridized carbons (Fsp3) is 0.542. The Morgan fingerprint density at radius 1 is 1.29 bits per heavy atom. The maximum absolute atomic E-state index is 12.4. The van der Waals surface area contributed by atoms with Crippen molar-refractivity contribution in [3.63, 3.8) is 0 Å². The van der Waals surface area contributed by atoms with Gasteiger partial charge < -0.3 is 20.1 Å². The van der Waals surface area contributed by atoms with E-state index in [1.807, 2.05) is 46.0 Å². The van der Waals surface area contributed by atoms with Gasteiger partial charge in [-0.2, -0.15) is 0 Å². The van der Waals surface area contributed by atoms with Crippen molar-refractivity contribution in [1.29, 1.82) is 0 Å². The van der Waals surface area contributed by atoms with Crippen molar-refractivity contribution in [1.82, 2.24) is 14.9 Å². The molecular formula is C24H32N4O3. The van der Waals surface area contributed by atoms with Gasteiger partial charge in [-0.05, 0) is 82.6 Å². The summed E-state index contributed by atoms with van der Waals surface area (Å²) in [6, 6.07) is 8.28. The number of nitrogens with zero attached hydrogens (tertiary/aromatic N) is 3. The minimum atomic E-state index is -0.516. The van der Waals surface area contributed by atoms with Gasteiger partial charge in [0.2, 0.25) is 5.95 Å². The van der Waals surface area contributed by atoms with Crippen LogP contribution in [0.25, 0.3) is 0 Å². The summed E-state index contributed by atoms with van der Waals surface area (Å²) in [5.74, 6) is 1.08. The summed E-state index contributed by atoms with van der Waals surface area (Å²) in [4.78, 5) is 23.2. The number of hydrogen-bond acceptors (Lipinski definition) is 6. The van der Waals surface area contributed by atoms with Gasteiger partial charge in [0.1, 0.15) is 5.60 Å². The van der Waals surface area contributed by atoms with Crippen molar-refractivity contribution >= 4 is 17.7 Å². The van der Waals surface area contributed by atoms with Crippen molar-refractivity contribution in [2.45, 2.75) is 71.1 Å². The van der Waals surface area contributed by atoms with Gasteiger partial charge in [0.25, 0.3) is 0 Å². The smallest absolute Gasteiger partial charge is 0.410 e. The van der Waals surface area contributed by atoms with Crippen LogP contribution in [0.5, 0.6) is 0 Å². The van der Waals surface area contributed by atoms with Crippen molar-refractivity contribution in [2.24, 2.45) is 5.92 Å². The lowest BCUT2D eigenvalue weighted by Crippen LogP contribution is -2.41. The number of hydrogen-bond donors (Lipinski definition) is 2. The zero-order chi connectivity index (χ0) is 22.2. The molecule has 0 unspecified atom stereocenters. The normalized spacial score (nSPS) is 23.0. The van der Waals surface area contributed by atoms with E-state index in [1.54, 1.807) is 4.90 Å². The number of benzene rings is 1. The number of fused-ring (bicyclic) bond motifs is 1. The highest BCUT2D eigenvalue weighted by atomic mass is 16.6. The number of carbonyl (C=O) groups excluding carboxylic acids is 1. The van der Waals surface area contributed by atoms with Crippen molar-refractivity contribution in [2.75, 3.05) is 11.9 Å². The van der Waals surface area contributed by atoms with Crippen LogP contribution in [-0.4, -0.2) is 43.8 Å². The molecule has 1 saturated carbocycles. The lowest BCUT2D eigenvalue weighted by Gasteiger charge is -2.41. The Morgan fingerprint density at radius 3 is 2.65 bits per heavy atom. The number of anilines is 2. The Kier molecular flexibility index (Phi) is 5.64. The highest BCUT2D eigenvalue weighted by Gasteiger charge is 2.37. The van der Waals surface area contributed by atoms with E-state index >= 15 is 0 Å². The highest BCUT2D eigenvalue weighted by Crippen LogP contribution is 2.39. The average Bonchev–Trinajstić information content (AvgIpc) is 2.66. The fourth-order valence-electron chi connectivity index (χ4n) is 4.36. The number of ether oxygens (including phenoxy) is 1. The van der Waals surface area contributed by atoms with Crippen LogP contribution >= 0.6 is 0 Å².